The number of nitrogens with zero attached hydrogens (tertiary/aromatic N) is 1. The molecule has 214 valence electrons. The molecule has 9 rings (SSSR count). The Bertz CT molecular complexity index is 2410. The summed E-state index contributed by atoms with van der Waals surface area (Å²) in [5.74, 6) is 0. The maximum Gasteiger partial charge on any atom is 0.0468 e. The lowest BCUT2D eigenvalue weighted by molar-refractivity contribution is 0.660. The van der Waals surface area contributed by atoms with Gasteiger partial charge in [-0.2, -0.15) is 0 Å². The third kappa shape index (κ3) is 4.06. The summed E-state index contributed by atoms with van der Waals surface area (Å²) < 4.78 is 2.64. The van der Waals surface area contributed by atoms with Crippen LogP contribution in [0.25, 0.3) is 53.2 Å². The van der Waals surface area contributed by atoms with Crippen LogP contribution in [0.3, 0.4) is 0 Å². The first kappa shape index (κ1) is 26.2. The Kier molecular flexibility index (Phi) is 5.78. The molecule has 0 bridgehead atoms. The molecule has 0 N–H and O–H groups in total. The molecule has 1 aliphatic rings. The summed E-state index contributed by atoms with van der Waals surface area (Å²) in [5.41, 5.74) is 11.3. The summed E-state index contributed by atoms with van der Waals surface area (Å²) in [6.45, 7) is 4.69. The molecule has 0 amide bonds. The molecule has 0 radical (unpaired) electrons. The van der Waals surface area contributed by atoms with Gasteiger partial charge in [0.1, 0.15) is 0 Å². The molecule has 45 heavy (non-hydrogen) atoms. The molecule has 1 aliphatic carbocycles. The first-order valence-electron chi connectivity index (χ1n) is 15.6. The van der Waals surface area contributed by atoms with Crippen LogP contribution in [0, 0.1) is 0 Å². The van der Waals surface area contributed by atoms with Gasteiger partial charge in [-0.1, -0.05) is 117 Å². The highest BCUT2D eigenvalue weighted by molar-refractivity contribution is 7.26. The summed E-state index contributed by atoms with van der Waals surface area (Å²) >= 11 is 1.88. The van der Waals surface area contributed by atoms with Crippen LogP contribution < -0.4 is 4.90 Å². The lowest BCUT2D eigenvalue weighted by Gasteiger charge is -2.27. The lowest BCUT2D eigenvalue weighted by Crippen LogP contribution is -2.15. The van der Waals surface area contributed by atoms with Crippen molar-refractivity contribution in [2.24, 2.45) is 0 Å². The quantitative estimate of drug-likeness (QED) is 0.196. The minimum absolute atomic E-state index is 0.0297. The van der Waals surface area contributed by atoms with Crippen molar-refractivity contribution in [2.45, 2.75) is 19.3 Å². The summed E-state index contributed by atoms with van der Waals surface area (Å²) in [6.07, 6.45) is 0. The first-order valence-corrected chi connectivity index (χ1v) is 16.4. The number of fused-ring (bicyclic) bond motifs is 8. The van der Waals surface area contributed by atoms with Gasteiger partial charge in [0.25, 0.3) is 0 Å². The molecule has 2 heteroatoms. The average molecular weight is 594 g/mol. The summed E-state index contributed by atoms with van der Waals surface area (Å²) in [6, 6.07) is 55.9. The third-order valence-electron chi connectivity index (χ3n) is 9.64. The number of anilines is 3. The van der Waals surface area contributed by atoms with E-state index in [0.29, 0.717) is 0 Å². The molecule has 0 fully saturated rings. The van der Waals surface area contributed by atoms with Crippen LogP contribution in [0.15, 0.2) is 152 Å². The van der Waals surface area contributed by atoms with Crippen molar-refractivity contribution < 1.29 is 0 Å². The average Bonchev–Trinajstić information content (AvgIpc) is 3.57. The number of hydrogen-bond acceptors (Lipinski definition) is 2. The predicted molar refractivity (Wildman–Crippen MR) is 195 cm³/mol. The molecule has 0 atom stereocenters. The van der Waals surface area contributed by atoms with E-state index >= 15 is 0 Å². The molecule has 0 aliphatic heterocycles. The van der Waals surface area contributed by atoms with Gasteiger partial charge in [0.05, 0.1) is 0 Å². The van der Waals surface area contributed by atoms with E-state index in [-0.39, 0.29) is 5.41 Å². The molecule has 0 unspecified atom stereocenters. The number of benzene rings is 7. The Morgan fingerprint density at radius 2 is 1.16 bits per heavy atom. The Morgan fingerprint density at radius 3 is 2.07 bits per heavy atom. The summed E-state index contributed by atoms with van der Waals surface area (Å²) in [7, 11) is 0. The summed E-state index contributed by atoms with van der Waals surface area (Å²) in [5, 5.41) is 5.24. The van der Waals surface area contributed by atoms with E-state index in [1.165, 1.54) is 64.3 Å². The predicted octanol–water partition coefficient (Wildman–Crippen LogP) is 12.7. The van der Waals surface area contributed by atoms with Crippen LogP contribution in [-0.2, 0) is 5.41 Å². The second-order valence-corrected chi connectivity index (χ2v) is 13.7. The van der Waals surface area contributed by atoms with Crippen molar-refractivity contribution in [1.29, 1.82) is 0 Å². The van der Waals surface area contributed by atoms with Crippen molar-refractivity contribution >= 4 is 59.3 Å². The molecule has 1 nitrogen and oxygen atoms in total. The Balaban J connectivity index is 1.29. The molecule has 0 saturated heterocycles. The topological polar surface area (TPSA) is 3.24 Å². The van der Waals surface area contributed by atoms with Gasteiger partial charge in [0, 0.05) is 42.6 Å². The van der Waals surface area contributed by atoms with Gasteiger partial charge in [0.15, 0.2) is 0 Å². The zero-order chi connectivity index (χ0) is 30.1. The van der Waals surface area contributed by atoms with Crippen LogP contribution in [0.4, 0.5) is 17.1 Å². The van der Waals surface area contributed by atoms with Crippen molar-refractivity contribution in [3.63, 3.8) is 0 Å². The minimum Gasteiger partial charge on any atom is -0.310 e. The smallest absolute Gasteiger partial charge is 0.0468 e. The van der Waals surface area contributed by atoms with Crippen LogP contribution >= 0.6 is 11.3 Å². The monoisotopic (exact) mass is 593 g/mol. The number of rotatable bonds is 4. The van der Waals surface area contributed by atoms with Crippen LogP contribution in [0.1, 0.15) is 25.0 Å². The zero-order valence-corrected chi connectivity index (χ0v) is 26.1. The highest BCUT2D eigenvalue weighted by atomic mass is 32.1. The van der Waals surface area contributed by atoms with E-state index in [1.807, 2.05) is 11.3 Å². The Labute approximate surface area is 267 Å². The van der Waals surface area contributed by atoms with Crippen molar-refractivity contribution in [3.8, 4) is 22.3 Å². The van der Waals surface area contributed by atoms with E-state index in [4.69, 9.17) is 0 Å². The normalized spacial score (nSPS) is 13.3. The molecular formula is C43H31NS. The second kappa shape index (κ2) is 9.92. The highest BCUT2D eigenvalue weighted by Gasteiger charge is 2.35. The Hall–Kier alpha value is -5.18. The van der Waals surface area contributed by atoms with Gasteiger partial charge in [-0.25, -0.2) is 0 Å². The van der Waals surface area contributed by atoms with E-state index in [1.54, 1.807) is 0 Å². The van der Waals surface area contributed by atoms with Gasteiger partial charge in [-0.15, -0.1) is 11.3 Å². The standard InChI is InChI=1S/C43H31NS/c1-43(2)38-18-9-8-17-35(38)36-26-32(20-22-39(36)43)44(31-15-10-14-30(25-31)28-11-4-3-5-12-28)33-21-24-40-37(27-33)42-34-16-7-6-13-29(34)19-23-41(42)45-40/h3-27H,1-2H3. The van der Waals surface area contributed by atoms with E-state index < -0.39 is 0 Å². The first-order chi connectivity index (χ1) is 22.1. The molecule has 0 spiro atoms. The molecule has 1 aromatic heterocycles. The molecular weight excluding hydrogens is 563 g/mol. The number of hydrogen-bond donors (Lipinski definition) is 0. The van der Waals surface area contributed by atoms with Crippen molar-refractivity contribution in [2.75, 3.05) is 4.90 Å². The third-order valence-corrected chi connectivity index (χ3v) is 10.8. The van der Waals surface area contributed by atoms with Gasteiger partial charge >= 0.3 is 0 Å². The second-order valence-electron chi connectivity index (χ2n) is 12.6. The zero-order valence-electron chi connectivity index (χ0n) is 25.3. The van der Waals surface area contributed by atoms with Crippen LogP contribution in [0.5, 0.6) is 0 Å². The minimum atomic E-state index is -0.0297. The Morgan fingerprint density at radius 1 is 0.467 bits per heavy atom. The van der Waals surface area contributed by atoms with E-state index in [2.05, 4.69) is 170 Å². The SMILES string of the molecule is CC1(C)c2ccccc2-c2cc(N(c3cccc(-c4ccccc4)c3)c3ccc4sc5ccc6ccccc6c5c4c3)ccc21. The maximum atomic E-state index is 2.44. The summed E-state index contributed by atoms with van der Waals surface area (Å²) in [4.78, 5) is 2.44. The van der Waals surface area contributed by atoms with Crippen molar-refractivity contribution in [1.82, 2.24) is 0 Å². The fourth-order valence-electron chi connectivity index (χ4n) is 7.42. The van der Waals surface area contributed by atoms with Crippen LogP contribution in [0.2, 0.25) is 0 Å². The maximum absolute atomic E-state index is 2.44. The molecule has 0 saturated carbocycles. The van der Waals surface area contributed by atoms with E-state index in [9.17, 15) is 0 Å². The van der Waals surface area contributed by atoms with E-state index in [0.717, 1.165) is 17.1 Å². The highest BCUT2D eigenvalue weighted by Crippen LogP contribution is 2.51. The van der Waals surface area contributed by atoms with Crippen LogP contribution in [-0.4, -0.2) is 0 Å². The van der Waals surface area contributed by atoms with Gasteiger partial charge in [-0.3, -0.25) is 0 Å². The molecule has 8 aromatic rings. The fraction of sp³-hybridized carbons (Fsp3) is 0.0698. The van der Waals surface area contributed by atoms with Gasteiger partial charge < -0.3 is 4.90 Å². The van der Waals surface area contributed by atoms with Gasteiger partial charge in [0.2, 0.25) is 0 Å². The molecule has 1 heterocycles. The number of thiophene rings is 1. The largest absolute Gasteiger partial charge is 0.310 e. The molecule has 7 aromatic carbocycles. The lowest BCUT2D eigenvalue weighted by atomic mass is 9.82. The van der Waals surface area contributed by atoms with Gasteiger partial charge in [-0.05, 0) is 92.7 Å². The van der Waals surface area contributed by atoms with Crippen molar-refractivity contribution in [3.05, 3.63) is 163 Å². The fourth-order valence-corrected chi connectivity index (χ4v) is 8.53.